The summed E-state index contributed by atoms with van der Waals surface area (Å²) in [7, 11) is 0. The smallest absolute Gasteiger partial charge is 0.217 e. The molecule has 138 valence electrons. The second kappa shape index (κ2) is 7.90. The highest BCUT2D eigenvalue weighted by molar-refractivity contribution is 5.73. The SMILES string of the molecule is CC(=O)NC(C)c1ccc(C2CCC(c3ccc(O)c(F)c3)CC2)cc1. The molecule has 0 aromatic heterocycles. The van der Waals surface area contributed by atoms with Gasteiger partial charge in [-0.15, -0.1) is 0 Å². The Morgan fingerprint density at radius 2 is 1.58 bits per heavy atom. The molecule has 1 aliphatic carbocycles. The van der Waals surface area contributed by atoms with Gasteiger partial charge in [-0.3, -0.25) is 4.79 Å². The first-order valence-corrected chi connectivity index (χ1v) is 9.29. The molecule has 26 heavy (non-hydrogen) atoms. The maximum atomic E-state index is 13.6. The van der Waals surface area contributed by atoms with Gasteiger partial charge < -0.3 is 10.4 Å². The van der Waals surface area contributed by atoms with Crippen molar-refractivity contribution in [3.8, 4) is 5.75 Å². The summed E-state index contributed by atoms with van der Waals surface area (Å²) in [5.74, 6) is 0.0498. The zero-order valence-electron chi connectivity index (χ0n) is 15.3. The van der Waals surface area contributed by atoms with Crippen LogP contribution in [0.3, 0.4) is 0 Å². The molecule has 2 N–H and O–H groups in total. The van der Waals surface area contributed by atoms with E-state index in [-0.39, 0.29) is 17.7 Å². The van der Waals surface area contributed by atoms with E-state index in [9.17, 15) is 14.3 Å². The van der Waals surface area contributed by atoms with Gasteiger partial charge in [0.15, 0.2) is 11.6 Å². The van der Waals surface area contributed by atoms with Crippen LogP contribution in [0, 0.1) is 5.82 Å². The van der Waals surface area contributed by atoms with Gasteiger partial charge in [0.1, 0.15) is 0 Å². The van der Waals surface area contributed by atoms with E-state index in [1.165, 1.54) is 24.6 Å². The van der Waals surface area contributed by atoms with Crippen molar-refractivity contribution in [3.05, 3.63) is 65.0 Å². The Labute approximate surface area is 154 Å². The van der Waals surface area contributed by atoms with Gasteiger partial charge in [-0.2, -0.15) is 0 Å². The summed E-state index contributed by atoms with van der Waals surface area (Å²) in [4.78, 5) is 11.2. The number of carbonyl (C=O) groups excluding carboxylic acids is 1. The van der Waals surface area contributed by atoms with E-state index in [1.807, 2.05) is 13.0 Å². The summed E-state index contributed by atoms with van der Waals surface area (Å²) < 4.78 is 13.6. The third kappa shape index (κ3) is 4.24. The number of benzene rings is 2. The lowest BCUT2D eigenvalue weighted by molar-refractivity contribution is -0.119. The molecule has 0 bridgehead atoms. The van der Waals surface area contributed by atoms with E-state index >= 15 is 0 Å². The Kier molecular flexibility index (Phi) is 5.60. The topological polar surface area (TPSA) is 49.3 Å². The Bertz CT molecular complexity index is 764. The molecular weight excluding hydrogens is 329 g/mol. The first-order chi connectivity index (χ1) is 12.4. The molecule has 0 saturated heterocycles. The molecular formula is C22H26FNO2. The van der Waals surface area contributed by atoms with Crippen LogP contribution in [0.5, 0.6) is 5.75 Å². The number of halogens is 1. The lowest BCUT2D eigenvalue weighted by atomic mass is 9.76. The van der Waals surface area contributed by atoms with Crippen LogP contribution in [0.25, 0.3) is 0 Å². The van der Waals surface area contributed by atoms with Crippen LogP contribution in [0.15, 0.2) is 42.5 Å². The van der Waals surface area contributed by atoms with Gasteiger partial charge in [0.25, 0.3) is 0 Å². The van der Waals surface area contributed by atoms with E-state index in [0.717, 1.165) is 36.8 Å². The minimum atomic E-state index is -0.534. The minimum absolute atomic E-state index is 0.0154. The van der Waals surface area contributed by atoms with Gasteiger partial charge in [-0.1, -0.05) is 30.3 Å². The molecule has 1 fully saturated rings. The third-order valence-electron chi connectivity index (χ3n) is 5.50. The quantitative estimate of drug-likeness (QED) is 0.795. The Hall–Kier alpha value is -2.36. The number of nitrogens with one attached hydrogen (secondary N) is 1. The number of rotatable bonds is 4. The molecule has 1 amide bonds. The molecule has 0 radical (unpaired) electrons. The number of aromatic hydroxyl groups is 1. The fraction of sp³-hybridized carbons (Fsp3) is 0.409. The highest BCUT2D eigenvalue weighted by Crippen LogP contribution is 2.41. The Morgan fingerprint density at radius 3 is 2.12 bits per heavy atom. The van der Waals surface area contributed by atoms with Crippen molar-refractivity contribution in [1.29, 1.82) is 0 Å². The third-order valence-corrected chi connectivity index (χ3v) is 5.50. The minimum Gasteiger partial charge on any atom is -0.505 e. The molecule has 1 saturated carbocycles. The van der Waals surface area contributed by atoms with E-state index in [0.29, 0.717) is 11.8 Å². The van der Waals surface area contributed by atoms with Gasteiger partial charge in [-0.05, 0) is 73.3 Å². The molecule has 0 aliphatic heterocycles. The molecule has 1 atom stereocenters. The van der Waals surface area contributed by atoms with Crippen molar-refractivity contribution in [2.45, 2.75) is 57.4 Å². The molecule has 1 unspecified atom stereocenters. The zero-order valence-corrected chi connectivity index (χ0v) is 15.3. The molecule has 1 aliphatic rings. The number of carbonyl (C=O) groups is 1. The lowest BCUT2D eigenvalue weighted by Crippen LogP contribution is -2.23. The fourth-order valence-corrected chi connectivity index (χ4v) is 3.98. The molecule has 2 aromatic carbocycles. The summed E-state index contributed by atoms with van der Waals surface area (Å²) in [5, 5.41) is 12.2. The summed E-state index contributed by atoms with van der Waals surface area (Å²) in [6, 6.07) is 13.3. The standard InChI is InChI=1S/C22H26FNO2/c1-14(24-15(2)25)16-3-5-17(6-4-16)18-7-9-19(10-8-18)20-11-12-22(26)21(23)13-20/h3-6,11-14,18-19,26H,7-10H2,1-2H3,(H,24,25). The zero-order chi connectivity index (χ0) is 18.7. The van der Waals surface area contributed by atoms with Crippen molar-refractivity contribution in [2.24, 2.45) is 0 Å². The van der Waals surface area contributed by atoms with Crippen LogP contribution in [-0.2, 0) is 4.79 Å². The number of hydrogen-bond donors (Lipinski definition) is 2. The van der Waals surface area contributed by atoms with Crippen LogP contribution < -0.4 is 5.32 Å². The van der Waals surface area contributed by atoms with Gasteiger partial charge in [0.2, 0.25) is 5.91 Å². The number of amides is 1. The van der Waals surface area contributed by atoms with Crippen LogP contribution >= 0.6 is 0 Å². The molecule has 0 spiro atoms. The fourth-order valence-electron chi connectivity index (χ4n) is 3.98. The maximum absolute atomic E-state index is 13.6. The number of phenolic OH excluding ortho intramolecular Hbond substituents is 1. The monoisotopic (exact) mass is 355 g/mol. The predicted octanol–water partition coefficient (Wildman–Crippen LogP) is 5.17. The van der Waals surface area contributed by atoms with Crippen molar-refractivity contribution in [2.75, 3.05) is 0 Å². The van der Waals surface area contributed by atoms with Crippen LogP contribution in [0.1, 0.15) is 74.1 Å². The van der Waals surface area contributed by atoms with E-state index in [1.54, 1.807) is 0 Å². The summed E-state index contributed by atoms with van der Waals surface area (Å²) in [5.41, 5.74) is 3.43. The van der Waals surface area contributed by atoms with Gasteiger partial charge in [0.05, 0.1) is 6.04 Å². The van der Waals surface area contributed by atoms with Crippen LogP contribution in [-0.4, -0.2) is 11.0 Å². The average molecular weight is 355 g/mol. The predicted molar refractivity (Wildman–Crippen MR) is 101 cm³/mol. The first-order valence-electron chi connectivity index (χ1n) is 9.29. The highest BCUT2D eigenvalue weighted by atomic mass is 19.1. The van der Waals surface area contributed by atoms with Crippen molar-refractivity contribution in [3.63, 3.8) is 0 Å². The number of phenols is 1. The lowest BCUT2D eigenvalue weighted by Gasteiger charge is -2.29. The summed E-state index contributed by atoms with van der Waals surface area (Å²) in [6.07, 6.45) is 4.21. The highest BCUT2D eigenvalue weighted by Gasteiger charge is 2.24. The normalized spacial score (nSPS) is 21.2. The largest absolute Gasteiger partial charge is 0.505 e. The van der Waals surface area contributed by atoms with E-state index in [4.69, 9.17) is 0 Å². The first kappa shape index (κ1) is 18.4. The summed E-state index contributed by atoms with van der Waals surface area (Å²) >= 11 is 0. The Morgan fingerprint density at radius 1 is 1.04 bits per heavy atom. The molecule has 3 nitrogen and oxygen atoms in total. The van der Waals surface area contributed by atoms with Crippen LogP contribution in [0.2, 0.25) is 0 Å². The summed E-state index contributed by atoms with van der Waals surface area (Å²) in [6.45, 7) is 3.52. The van der Waals surface area contributed by atoms with Crippen molar-refractivity contribution >= 4 is 5.91 Å². The van der Waals surface area contributed by atoms with Crippen molar-refractivity contribution < 1.29 is 14.3 Å². The molecule has 4 heteroatoms. The van der Waals surface area contributed by atoms with Gasteiger partial charge in [-0.25, -0.2) is 4.39 Å². The maximum Gasteiger partial charge on any atom is 0.217 e. The molecule has 0 heterocycles. The van der Waals surface area contributed by atoms with Gasteiger partial charge in [0, 0.05) is 6.92 Å². The van der Waals surface area contributed by atoms with Crippen molar-refractivity contribution in [1.82, 2.24) is 5.32 Å². The van der Waals surface area contributed by atoms with E-state index in [2.05, 4.69) is 29.6 Å². The van der Waals surface area contributed by atoms with E-state index < -0.39 is 5.82 Å². The Balaban J connectivity index is 1.61. The number of hydrogen-bond acceptors (Lipinski definition) is 2. The molecule has 3 rings (SSSR count). The second-order valence-electron chi connectivity index (χ2n) is 7.35. The van der Waals surface area contributed by atoms with Crippen LogP contribution in [0.4, 0.5) is 4.39 Å². The average Bonchev–Trinajstić information content (AvgIpc) is 2.64. The molecule has 2 aromatic rings. The second-order valence-corrected chi connectivity index (χ2v) is 7.35. The van der Waals surface area contributed by atoms with Gasteiger partial charge >= 0.3 is 0 Å².